The fraction of sp³-hybridized carbons (Fsp3) is 0.381. The van der Waals surface area contributed by atoms with Crippen molar-refractivity contribution in [1.29, 1.82) is 0 Å². The first-order valence-corrected chi connectivity index (χ1v) is 9.32. The summed E-state index contributed by atoms with van der Waals surface area (Å²) in [7, 11) is 0. The summed E-state index contributed by atoms with van der Waals surface area (Å²) < 4.78 is 19.0. The van der Waals surface area contributed by atoms with Crippen LogP contribution in [0.5, 0.6) is 5.75 Å². The fourth-order valence-corrected chi connectivity index (χ4v) is 3.16. The first-order chi connectivity index (χ1) is 13.1. The number of hydrogen-bond donors (Lipinski definition) is 1. The lowest BCUT2D eigenvalue weighted by molar-refractivity contribution is -0.121. The molecule has 1 amide bonds. The number of benzene rings is 2. The highest BCUT2D eigenvalue weighted by Gasteiger charge is 2.25. The minimum Gasteiger partial charge on any atom is -0.492 e. The molecule has 0 radical (unpaired) electrons. The van der Waals surface area contributed by atoms with E-state index in [2.05, 4.69) is 15.1 Å². The summed E-state index contributed by atoms with van der Waals surface area (Å²) in [6, 6.07) is 15.5. The third-order valence-electron chi connectivity index (χ3n) is 4.85. The van der Waals surface area contributed by atoms with Crippen molar-refractivity contribution in [2.24, 2.45) is 0 Å². The van der Waals surface area contributed by atoms with Crippen LogP contribution in [0.15, 0.2) is 54.6 Å². The molecule has 1 aliphatic heterocycles. The average Bonchev–Trinajstić information content (AvgIpc) is 2.69. The molecule has 3 rings (SSSR count). The second-order valence-electron chi connectivity index (χ2n) is 6.71. The Balaban J connectivity index is 1.39. The molecule has 2 aromatic rings. The molecule has 6 heteroatoms. The van der Waals surface area contributed by atoms with Crippen molar-refractivity contribution in [3.05, 3.63) is 60.4 Å². The van der Waals surface area contributed by atoms with Gasteiger partial charge in [0.25, 0.3) is 0 Å². The molecule has 5 nitrogen and oxygen atoms in total. The van der Waals surface area contributed by atoms with Gasteiger partial charge in [-0.2, -0.15) is 0 Å². The summed E-state index contributed by atoms with van der Waals surface area (Å²) in [6.45, 7) is 6.85. The fourth-order valence-electron chi connectivity index (χ4n) is 3.16. The smallest absolute Gasteiger partial charge is 0.241 e. The van der Waals surface area contributed by atoms with Crippen molar-refractivity contribution in [3.63, 3.8) is 0 Å². The molecule has 2 aromatic carbocycles. The van der Waals surface area contributed by atoms with Gasteiger partial charge in [-0.05, 0) is 37.3 Å². The number of halogens is 1. The maximum Gasteiger partial charge on any atom is 0.241 e. The molecule has 1 heterocycles. The number of amides is 1. The van der Waals surface area contributed by atoms with E-state index in [1.54, 1.807) is 12.1 Å². The summed E-state index contributed by atoms with van der Waals surface area (Å²) in [6.07, 6.45) is 0. The average molecular weight is 371 g/mol. The highest BCUT2D eigenvalue weighted by atomic mass is 19.1. The molecule has 27 heavy (non-hydrogen) atoms. The molecule has 0 spiro atoms. The van der Waals surface area contributed by atoms with Crippen LogP contribution in [-0.4, -0.2) is 61.1 Å². The zero-order valence-corrected chi connectivity index (χ0v) is 15.6. The molecular weight excluding hydrogens is 345 g/mol. The van der Waals surface area contributed by atoms with E-state index in [4.69, 9.17) is 4.74 Å². The summed E-state index contributed by atoms with van der Waals surface area (Å²) in [4.78, 5) is 16.9. The van der Waals surface area contributed by atoms with Gasteiger partial charge >= 0.3 is 0 Å². The lowest BCUT2D eigenvalue weighted by atomic mass is 10.2. The molecule has 0 aliphatic carbocycles. The molecule has 1 N–H and O–H groups in total. The Bertz CT molecular complexity index is 733. The highest BCUT2D eigenvalue weighted by Crippen LogP contribution is 2.13. The minimum absolute atomic E-state index is 0.110. The topological polar surface area (TPSA) is 44.8 Å². The van der Waals surface area contributed by atoms with Crippen LogP contribution in [0.1, 0.15) is 6.92 Å². The number of nitrogens with zero attached hydrogens (tertiary/aromatic N) is 2. The van der Waals surface area contributed by atoms with Crippen LogP contribution in [0.25, 0.3) is 0 Å². The van der Waals surface area contributed by atoms with Gasteiger partial charge in [0.1, 0.15) is 18.2 Å². The van der Waals surface area contributed by atoms with Crippen molar-refractivity contribution in [3.8, 4) is 5.75 Å². The number of piperazine rings is 1. The number of hydrogen-bond acceptors (Lipinski definition) is 4. The van der Waals surface area contributed by atoms with E-state index in [0.29, 0.717) is 12.3 Å². The maximum absolute atomic E-state index is 13.2. The number of nitrogens with one attached hydrogen (secondary N) is 1. The molecule has 144 valence electrons. The molecule has 0 bridgehead atoms. The van der Waals surface area contributed by atoms with Gasteiger partial charge in [0.2, 0.25) is 5.91 Å². The third-order valence-corrected chi connectivity index (χ3v) is 4.85. The zero-order chi connectivity index (χ0) is 19.1. The van der Waals surface area contributed by atoms with Gasteiger partial charge < -0.3 is 10.1 Å². The molecule has 0 saturated carbocycles. The first kappa shape index (κ1) is 19.3. The zero-order valence-electron chi connectivity index (χ0n) is 15.6. The van der Waals surface area contributed by atoms with Crippen LogP contribution in [0, 0.1) is 5.82 Å². The summed E-state index contributed by atoms with van der Waals surface area (Å²) in [5.74, 6) is 0.423. The van der Waals surface area contributed by atoms with E-state index in [1.165, 1.54) is 12.1 Å². The Morgan fingerprint density at radius 1 is 1.11 bits per heavy atom. The monoisotopic (exact) mass is 371 g/mol. The summed E-state index contributed by atoms with van der Waals surface area (Å²) >= 11 is 0. The van der Waals surface area contributed by atoms with Crippen LogP contribution >= 0.6 is 0 Å². The number of carbonyl (C=O) groups excluding carboxylic acids is 1. The van der Waals surface area contributed by atoms with Gasteiger partial charge in [-0.25, -0.2) is 4.39 Å². The third kappa shape index (κ3) is 5.77. The maximum atomic E-state index is 13.2. The molecule has 0 aromatic heterocycles. The number of carbonyl (C=O) groups is 1. The Kier molecular flexibility index (Phi) is 6.79. The molecule has 1 aliphatic rings. The van der Waals surface area contributed by atoms with E-state index in [-0.39, 0.29) is 17.8 Å². The number of rotatable bonds is 7. The van der Waals surface area contributed by atoms with Crippen LogP contribution in [0.4, 0.5) is 10.1 Å². The first-order valence-electron chi connectivity index (χ1n) is 9.32. The predicted octanol–water partition coefficient (Wildman–Crippen LogP) is 2.85. The van der Waals surface area contributed by atoms with Gasteiger partial charge in [0, 0.05) is 38.4 Å². The summed E-state index contributed by atoms with van der Waals surface area (Å²) in [5, 5.41) is 2.79. The normalized spacial score (nSPS) is 16.7. The molecule has 1 unspecified atom stereocenters. The highest BCUT2D eigenvalue weighted by molar-refractivity contribution is 5.94. The van der Waals surface area contributed by atoms with E-state index in [0.717, 1.165) is 38.5 Å². The predicted molar refractivity (Wildman–Crippen MR) is 104 cm³/mol. The van der Waals surface area contributed by atoms with Crippen LogP contribution in [0.3, 0.4) is 0 Å². The molecule has 1 saturated heterocycles. The lowest BCUT2D eigenvalue weighted by Gasteiger charge is -2.37. The van der Waals surface area contributed by atoms with E-state index >= 15 is 0 Å². The van der Waals surface area contributed by atoms with E-state index in [1.807, 2.05) is 37.3 Å². The standard InChI is InChI=1S/C21H26FN3O2/c1-17(21(26)23-19-7-5-6-18(22)16-19)25-12-10-24(11-13-25)14-15-27-20-8-3-2-4-9-20/h2-9,16-17H,10-15H2,1H3,(H,23,26). The Hall–Kier alpha value is -2.44. The molecular formula is C21H26FN3O2. The molecule has 1 fully saturated rings. The second-order valence-corrected chi connectivity index (χ2v) is 6.71. The number of anilines is 1. The largest absolute Gasteiger partial charge is 0.492 e. The van der Waals surface area contributed by atoms with Gasteiger partial charge in [0.05, 0.1) is 6.04 Å². The Morgan fingerprint density at radius 2 is 1.85 bits per heavy atom. The Labute approximate surface area is 159 Å². The summed E-state index contributed by atoms with van der Waals surface area (Å²) in [5.41, 5.74) is 0.489. The second kappa shape index (κ2) is 9.48. The van der Waals surface area contributed by atoms with Gasteiger partial charge in [-0.3, -0.25) is 14.6 Å². The SMILES string of the molecule is CC(C(=O)Nc1cccc(F)c1)N1CCN(CCOc2ccccc2)CC1. The van der Waals surface area contributed by atoms with Crippen LogP contribution < -0.4 is 10.1 Å². The van der Waals surface area contributed by atoms with Crippen molar-refractivity contribution < 1.29 is 13.9 Å². The van der Waals surface area contributed by atoms with Crippen molar-refractivity contribution >= 4 is 11.6 Å². The quantitative estimate of drug-likeness (QED) is 0.813. The van der Waals surface area contributed by atoms with Crippen LogP contribution in [0.2, 0.25) is 0 Å². The van der Waals surface area contributed by atoms with Crippen molar-refractivity contribution in [2.75, 3.05) is 44.6 Å². The minimum atomic E-state index is -0.355. The van der Waals surface area contributed by atoms with Crippen LogP contribution in [-0.2, 0) is 4.79 Å². The molecule has 1 atom stereocenters. The van der Waals surface area contributed by atoms with Crippen molar-refractivity contribution in [1.82, 2.24) is 9.80 Å². The van der Waals surface area contributed by atoms with Gasteiger partial charge in [-0.15, -0.1) is 0 Å². The number of para-hydroxylation sites is 1. The number of ether oxygens (including phenoxy) is 1. The van der Waals surface area contributed by atoms with E-state index in [9.17, 15) is 9.18 Å². The Morgan fingerprint density at radius 3 is 2.56 bits per heavy atom. The lowest BCUT2D eigenvalue weighted by Crippen LogP contribution is -2.53. The van der Waals surface area contributed by atoms with Gasteiger partial charge in [-0.1, -0.05) is 24.3 Å². The van der Waals surface area contributed by atoms with Crippen molar-refractivity contribution in [2.45, 2.75) is 13.0 Å². The van der Waals surface area contributed by atoms with Gasteiger partial charge in [0.15, 0.2) is 0 Å². The van der Waals surface area contributed by atoms with E-state index < -0.39 is 0 Å².